The highest BCUT2D eigenvalue weighted by molar-refractivity contribution is 7.13. The molecule has 0 unspecified atom stereocenters. The lowest BCUT2D eigenvalue weighted by Crippen LogP contribution is -2.59. The summed E-state index contributed by atoms with van der Waals surface area (Å²) in [6.07, 6.45) is 0. The van der Waals surface area contributed by atoms with Gasteiger partial charge in [-0.1, -0.05) is 62.7 Å². The highest BCUT2D eigenvalue weighted by atomic mass is 28.5. The molecular formula is C10H26Si3. The van der Waals surface area contributed by atoms with Crippen LogP contribution in [0.5, 0.6) is 0 Å². The van der Waals surface area contributed by atoms with Crippen molar-refractivity contribution in [2.24, 2.45) is 0 Å². The molecule has 0 aliphatic carbocycles. The lowest BCUT2D eigenvalue weighted by molar-refractivity contribution is 1.12. The largest absolute Gasteiger partial charge is 0.0698 e. The van der Waals surface area contributed by atoms with Gasteiger partial charge in [-0.25, -0.2) is 0 Å². The van der Waals surface area contributed by atoms with Crippen LogP contribution in [0.3, 0.4) is 0 Å². The van der Waals surface area contributed by atoms with Crippen LogP contribution in [-0.2, 0) is 0 Å². The van der Waals surface area contributed by atoms with Crippen molar-refractivity contribution >= 4 is 24.2 Å². The zero-order valence-electron chi connectivity index (χ0n) is 10.5. The second kappa shape index (κ2) is 3.07. The highest BCUT2D eigenvalue weighted by Crippen LogP contribution is 2.46. The van der Waals surface area contributed by atoms with Crippen molar-refractivity contribution < 1.29 is 0 Å². The third kappa shape index (κ3) is 2.36. The molecule has 1 aliphatic heterocycles. The van der Waals surface area contributed by atoms with Crippen LogP contribution in [0.15, 0.2) is 0 Å². The van der Waals surface area contributed by atoms with Crippen LogP contribution in [0, 0.1) is 0 Å². The molecule has 0 N–H and O–H groups in total. The van der Waals surface area contributed by atoms with Gasteiger partial charge in [-0.3, -0.25) is 0 Å². The topological polar surface area (TPSA) is 0 Å². The Morgan fingerprint density at radius 3 is 1.38 bits per heavy atom. The molecule has 3 heteroatoms. The lowest BCUT2D eigenvalue weighted by atomic mass is 10.9. The first kappa shape index (κ1) is 11.7. The summed E-state index contributed by atoms with van der Waals surface area (Å²) in [6.45, 7) is 18.4. The number of hydrogen-bond donors (Lipinski definition) is 0. The van der Waals surface area contributed by atoms with E-state index in [1.54, 1.807) is 11.3 Å². The molecule has 0 bridgehead atoms. The highest BCUT2D eigenvalue weighted by Gasteiger charge is 2.50. The Morgan fingerprint density at radius 2 is 1.08 bits per heavy atom. The third-order valence-electron chi connectivity index (χ3n) is 4.21. The van der Waals surface area contributed by atoms with Crippen molar-refractivity contribution in [2.75, 3.05) is 0 Å². The van der Waals surface area contributed by atoms with Gasteiger partial charge in [0.05, 0.1) is 0 Å². The molecule has 78 valence electrons. The van der Waals surface area contributed by atoms with E-state index in [9.17, 15) is 0 Å². The first-order valence-corrected chi connectivity index (χ1v) is 15.6. The van der Waals surface area contributed by atoms with Crippen molar-refractivity contribution in [3.8, 4) is 0 Å². The summed E-state index contributed by atoms with van der Waals surface area (Å²) in [5, 5.41) is 1.14. The first-order valence-electron chi connectivity index (χ1n) is 5.57. The smallest absolute Gasteiger partial charge is 0.0449 e. The molecule has 0 amide bonds. The maximum absolute atomic E-state index is 2.64. The predicted octanol–water partition coefficient (Wildman–Crippen LogP) is 4.13. The maximum atomic E-state index is 2.64. The van der Waals surface area contributed by atoms with Crippen molar-refractivity contribution in [3.63, 3.8) is 0 Å². The second-order valence-corrected chi connectivity index (χ2v) is 24.6. The molecule has 0 atom stereocenters. The van der Waals surface area contributed by atoms with Crippen LogP contribution in [0.4, 0.5) is 0 Å². The minimum Gasteiger partial charge on any atom is -0.0698 e. The van der Waals surface area contributed by atoms with E-state index in [2.05, 4.69) is 46.2 Å². The van der Waals surface area contributed by atoms with Crippen molar-refractivity contribution in [2.45, 2.75) is 62.7 Å². The Hall–Kier alpha value is 0.651. The average Bonchev–Trinajstić information content (AvgIpc) is 1.77. The predicted molar refractivity (Wildman–Crippen MR) is 71.5 cm³/mol. The van der Waals surface area contributed by atoms with Crippen LogP contribution < -0.4 is 0 Å². The summed E-state index contributed by atoms with van der Waals surface area (Å²) in [6, 6.07) is 0. The average molecular weight is 231 g/mol. The van der Waals surface area contributed by atoms with Gasteiger partial charge in [0.2, 0.25) is 0 Å². The summed E-state index contributed by atoms with van der Waals surface area (Å²) in [7, 11) is -2.46. The Morgan fingerprint density at radius 1 is 0.769 bits per heavy atom. The number of hydrogen-bond acceptors (Lipinski definition) is 0. The van der Waals surface area contributed by atoms with Crippen LogP contribution in [0.25, 0.3) is 0 Å². The minimum absolute atomic E-state index is 0.780. The van der Waals surface area contributed by atoms with E-state index in [1.165, 1.54) is 0 Å². The molecule has 0 spiro atoms. The number of rotatable bonds is 0. The van der Waals surface area contributed by atoms with E-state index in [0.717, 1.165) is 5.16 Å². The van der Waals surface area contributed by atoms with Gasteiger partial charge >= 0.3 is 0 Å². The first-order chi connectivity index (χ1) is 5.57. The van der Waals surface area contributed by atoms with E-state index in [1.807, 2.05) is 0 Å². The molecule has 1 fully saturated rings. The summed E-state index contributed by atoms with van der Waals surface area (Å²) in [5.74, 6) is 0. The van der Waals surface area contributed by atoms with Gasteiger partial charge in [0.25, 0.3) is 0 Å². The van der Waals surface area contributed by atoms with Crippen molar-refractivity contribution in [3.05, 3.63) is 0 Å². The molecule has 1 aliphatic rings. The molecular weight excluding hydrogens is 204 g/mol. The SMILES string of the molecule is CC1[Si](C)(C)C[Si](C)(C)C[Si]1(C)C. The monoisotopic (exact) mass is 230 g/mol. The van der Waals surface area contributed by atoms with Crippen molar-refractivity contribution in [1.29, 1.82) is 0 Å². The Balaban J connectivity index is 2.96. The molecule has 0 aromatic rings. The molecule has 1 rings (SSSR count). The fourth-order valence-corrected chi connectivity index (χ4v) is 38.0. The normalized spacial score (nSPS) is 31.6. The summed E-state index contributed by atoms with van der Waals surface area (Å²) >= 11 is 0. The standard InChI is InChI=1S/C10H26Si3/c1-10-12(4,5)8-11(2,3)9-13(10,6)7/h10H,8-9H2,1-7H3. The summed E-state index contributed by atoms with van der Waals surface area (Å²) in [5.41, 5.74) is 3.36. The Labute approximate surface area is 87.2 Å². The van der Waals surface area contributed by atoms with E-state index in [4.69, 9.17) is 0 Å². The Bertz CT molecular complexity index is 186. The second-order valence-electron chi connectivity index (χ2n) is 7.22. The molecule has 1 saturated heterocycles. The molecule has 0 saturated carbocycles. The molecule has 0 nitrogen and oxygen atoms in total. The minimum atomic E-state index is -0.841. The van der Waals surface area contributed by atoms with Gasteiger partial charge in [0.1, 0.15) is 0 Å². The van der Waals surface area contributed by atoms with Gasteiger partial charge in [0.15, 0.2) is 0 Å². The molecule has 0 aromatic carbocycles. The van der Waals surface area contributed by atoms with Crippen LogP contribution in [0.1, 0.15) is 6.92 Å². The van der Waals surface area contributed by atoms with Gasteiger partial charge < -0.3 is 0 Å². The van der Waals surface area contributed by atoms with Gasteiger partial charge in [0, 0.05) is 24.2 Å². The van der Waals surface area contributed by atoms with Gasteiger partial charge in [-0.05, 0) is 0 Å². The van der Waals surface area contributed by atoms with Gasteiger partial charge in [-0.15, -0.1) is 0 Å². The quantitative estimate of drug-likeness (QED) is 0.549. The summed E-state index contributed by atoms with van der Waals surface area (Å²) in [4.78, 5) is 0. The molecule has 13 heavy (non-hydrogen) atoms. The lowest BCUT2D eigenvalue weighted by Gasteiger charge is -2.51. The maximum Gasteiger partial charge on any atom is 0.0449 e. The fourth-order valence-electron chi connectivity index (χ4n) is 3.89. The van der Waals surface area contributed by atoms with Crippen molar-refractivity contribution in [1.82, 2.24) is 0 Å². The zero-order valence-corrected chi connectivity index (χ0v) is 13.5. The fraction of sp³-hybridized carbons (Fsp3) is 1.00. The van der Waals surface area contributed by atoms with Gasteiger partial charge in [-0.2, -0.15) is 0 Å². The molecule has 0 radical (unpaired) electrons. The van der Waals surface area contributed by atoms with Crippen LogP contribution >= 0.6 is 0 Å². The van der Waals surface area contributed by atoms with E-state index < -0.39 is 24.2 Å². The van der Waals surface area contributed by atoms with E-state index in [-0.39, 0.29) is 0 Å². The Kier molecular flexibility index (Phi) is 2.77. The van der Waals surface area contributed by atoms with E-state index >= 15 is 0 Å². The molecule has 0 aromatic heterocycles. The molecule has 1 heterocycles. The van der Waals surface area contributed by atoms with E-state index in [0.29, 0.717) is 0 Å². The van der Waals surface area contributed by atoms with Crippen LogP contribution in [-0.4, -0.2) is 24.2 Å². The summed E-state index contributed by atoms with van der Waals surface area (Å²) < 4.78 is 0. The zero-order chi connectivity index (χ0) is 10.5. The third-order valence-corrected chi connectivity index (χ3v) is 28.5. The van der Waals surface area contributed by atoms with Crippen LogP contribution in [0.2, 0.25) is 55.8 Å².